The minimum absolute atomic E-state index is 0.0254. The molecule has 2 amide bonds. The monoisotopic (exact) mass is 1320 g/mol. The number of urea groups is 1. The number of amides is 2. The van der Waals surface area contributed by atoms with Crippen LogP contribution in [-0.4, -0.2) is 121 Å². The lowest BCUT2D eigenvalue weighted by Crippen LogP contribution is -2.20. The Morgan fingerprint density at radius 2 is 0.722 bits per heavy atom. The van der Waals surface area contributed by atoms with Gasteiger partial charge in [0.15, 0.2) is 0 Å². The Hall–Kier alpha value is -8.83. The van der Waals surface area contributed by atoms with Crippen LogP contribution in [0.3, 0.4) is 0 Å². The molecular formula is C57H64N10O19S4. The number of rotatable bonds is 32. The highest BCUT2D eigenvalue weighted by atomic mass is 32.2. The normalized spacial score (nSPS) is 12.1. The molecule has 480 valence electrons. The summed E-state index contributed by atoms with van der Waals surface area (Å²) < 4.78 is 127. The van der Waals surface area contributed by atoms with E-state index in [1.165, 1.54) is 48.5 Å². The average molecular weight is 1320 g/mol. The minimum atomic E-state index is -4.31. The lowest BCUT2D eigenvalue weighted by molar-refractivity contribution is 0.0686. The van der Waals surface area contributed by atoms with Gasteiger partial charge in [-0.25, -0.2) is 14.4 Å². The number of carboxylic acids is 2. The maximum atomic E-state index is 13.6. The summed E-state index contributed by atoms with van der Waals surface area (Å²) in [6, 6.07) is 20.5. The predicted molar refractivity (Wildman–Crippen MR) is 335 cm³/mol. The topological polar surface area (TPSA) is 435 Å². The number of carbonyl (C=O) groups is 3. The van der Waals surface area contributed by atoms with Gasteiger partial charge in [0.25, 0.3) is 30.4 Å². The number of azo groups is 4. The van der Waals surface area contributed by atoms with Crippen LogP contribution in [0.4, 0.5) is 61.7 Å². The fourth-order valence-electron chi connectivity index (χ4n) is 8.04. The van der Waals surface area contributed by atoms with E-state index in [2.05, 4.69) is 51.5 Å². The van der Waals surface area contributed by atoms with E-state index in [1.807, 2.05) is 0 Å². The summed E-state index contributed by atoms with van der Waals surface area (Å²) in [7, 11) is -12.8. The largest absolute Gasteiger partial charge is 0.494 e. The van der Waals surface area contributed by atoms with Gasteiger partial charge in [-0.3, -0.25) is 13.7 Å². The van der Waals surface area contributed by atoms with E-state index in [0.717, 1.165) is 0 Å². The highest BCUT2D eigenvalue weighted by molar-refractivity contribution is 7.93. The molecule has 90 heavy (non-hydrogen) atoms. The van der Waals surface area contributed by atoms with E-state index >= 15 is 0 Å². The third-order valence-electron chi connectivity index (χ3n) is 12.7. The Morgan fingerprint density at radius 3 is 1.08 bits per heavy atom. The summed E-state index contributed by atoms with van der Waals surface area (Å²) in [6.45, 7) is 10.1. The minimum Gasteiger partial charge on any atom is -0.494 e. The van der Waals surface area contributed by atoms with E-state index in [-0.39, 0.29) is 114 Å². The van der Waals surface area contributed by atoms with Crippen LogP contribution in [0.15, 0.2) is 126 Å². The zero-order valence-electron chi connectivity index (χ0n) is 49.3. The third kappa shape index (κ3) is 22.3. The molecule has 0 bridgehead atoms. The maximum absolute atomic E-state index is 13.6. The molecule has 29 nitrogen and oxygen atoms in total. The van der Waals surface area contributed by atoms with Crippen molar-refractivity contribution >= 4 is 117 Å². The van der Waals surface area contributed by atoms with Gasteiger partial charge in [0.1, 0.15) is 45.7 Å². The van der Waals surface area contributed by atoms with Crippen molar-refractivity contribution in [3.05, 3.63) is 129 Å². The molecule has 0 spiro atoms. The number of carbonyl (C=O) groups excluding carboxylic acids is 1. The summed E-state index contributed by atoms with van der Waals surface area (Å²) in [5.74, 6) is -3.33. The lowest BCUT2D eigenvalue weighted by Gasteiger charge is -2.14. The Bertz CT molecular complexity index is 4130. The van der Waals surface area contributed by atoms with Crippen molar-refractivity contribution in [2.45, 2.75) is 67.2 Å². The number of nitrogens with one attached hydrogen (secondary N) is 2. The van der Waals surface area contributed by atoms with Gasteiger partial charge in [-0.15, -0.1) is 20.5 Å². The highest BCUT2D eigenvalue weighted by Crippen LogP contribution is 2.41. The molecule has 33 heteroatoms. The van der Waals surface area contributed by atoms with Crippen molar-refractivity contribution in [2.24, 2.45) is 40.9 Å². The second-order valence-electron chi connectivity index (χ2n) is 20.0. The van der Waals surface area contributed by atoms with Crippen LogP contribution in [0.5, 0.6) is 23.0 Å². The summed E-state index contributed by atoms with van der Waals surface area (Å²) in [5.41, 5.74) is 5.48. The molecule has 0 atom stereocenters. The number of anilines is 2. The van der Waals surface area contributed by atoms with E-state index in [9.17, 15) is 59.0 Å². The molecule has 6 aromatic carbocycles. The van der Waals surface area contributed by atoms with Crippen LogP contribution >= 0.6 is 12.0 Å². The molecule has 6 rings (SSSR count). The molecule has 0 unspecified atom stereocenters. The summed E-state index contributed by atoms with van der Waals surface area (Å²) in [6.07, 6.45) is 0.292. The zero-order chi connectivity index (χ0) is 65.9. The molecule has 0 radical (unpaired) electrons. The van der Waals surface area contributed by atoms with E-state index in [1.54, 1.807) is 77.9 Å². The number of nitrogens with zero attached hydrogens (tertiary/aromatic N) is 8. The third-order valence-corrected chi connectivity index (χ3v) is 15.6. The molecule has 0 aliphatic rings. The predicted octanol–water partition coefficient (Wildman–Crippen LogP) is 14.2. The van der Waals surface area contributed by atoms with Crippen molar-refractivity contribution in [2.75, 3.05) is 60.1 Å². The van der Waals surface area contributed by atoms with Crippen LogP contribution in [0, 0.1) is 41.5 Å². The molecule has 0 saturated heterocycles. The Labute approximate surface area is 522 Å². The number of benzene rings is 6. The van der Waals surface area contributed by atoms with Crippen LogP contribution in [0.2, 0.25) is 0 Å². The molecule has 8 N–H and O–H groups in total. The van der Waals surface area contributed by atoms with Gasteiger partial charge < -0.3 is 44.3 Å². The second-order valence-corrected chi connectivity index (χ2v) is 25.3. The molecular weight excluding hydrogens is 1260 g/mol. The van der Waals surface area contributed by atoms with Crippen molar-refractivity contribution in [1.29, 1.82) is 0 Å². The lowest BCUT2D eigenvalue weighted by atomic mass is 10.1. The molecule has 0 aromatic heterocycles. The molecule has 6 aromatic rings. The molecule has 0 aliphatic carbocycles. The van der Waals surface area contributed by atoms with Crippen molar-refractivity contribution in [1.82, 2.24) is 0 Å². The van der Waals surface area contributed by atoms with Gasteiger partial charge in [-0.2, -0.15) is 45.7 Å². The SMILES string of the molecule is Cc1cc(NC(=O)Nc2cc(C)c(N=Nc3cc(C)c(N=Nc4ccc(OCCCS(=O)(=O)O)cc4C(=O)O)cc3OCCCS(=O)(=O)O)cc2C)c(C)cc1N=Nc1cc(C)c(N=Nc2ccc(OCCCSO)cc2C(=O)O)cc1OCCCS(=O)(=O)O. The van der Waals surface area contributed by atoms with Crippen LogP contribution in [0.25, 0.3) is 0 Å². The van der Waals surface area contributed by atoms with E-state index < -0.39 is 65.6 Å². The second kappa shape index (κ2) is 32.1. The fraction of sp³-hybridized carbons (Fsp3) is 0.316. The highest BCUT2D eigenvalue weighted by Gasteiger charge is 2.19. The summed E-state index contributed by atoms with van der Waals surface area (Å²) in [5, 5.41) is 60.2. The number of hydrogen-bond donors (Lipinski definition) is 8. The summed E-state index contributed by atoms with van der Waals surface area (Å²) >= 11 is 0.670. The van der Waals surface area contributed by atoms with Crippen molar-refractivity contribution in [3.63, 3.8) is 0 Å². The molecule has 0 fully saturated rings. The zero-order valence-corrected chi connectivity index (χ0v) is 52.5. The average Bonchev–Trinajstić information content (AvgIpc) is 1.06. The Balaban J connectivity index is 1.17. The van der Waals surface area contributed by atoms with Crippen molar-refractivity contribution < 1.29 is 87.0 Å². The number of aryl methyl sites for hydroxylation is 6. The van der Waals surface area contributed by atoms with Crippen LogP contribution < -0.4 is 29.6 Å². The van der Waals surface area contributed by atoms with Gasteiger partial charge in [-0.1, -0.05) is 0 Å². The van der Waals surface area contributed by atoms with Crippen LogP contribution in [0.1, 0.15) is 79.8 Å². The number of ether oxygens (including phenoxy) is 4. The Kier molecular flexibility index (Phi) is 25.0. The maximum Gasteiger partial charge on any atom is 0.338 e. The quantitative estimate of drug-likeness (QED) is 0.00841. The first kappa shape index (κ1) is 70.3. The molecule has 0 saturated carbocycles. The first-order valence-corrected chi connectivity index (χ1v) is 32.9. The fourth-order valence-corrected chi connectivity index (χ4v) is 9.73. The number of carboxylic acid groups (broad SMARTS) is 2. The van der Waals surface area contributed by atoms with Gasteiger partial charge in [0, 0.05) is 29.3 Å². The number of aromatic carboxylic acids is 2. The van der Waals surface area contributed by atoms with Gasteiger partial charge >= 0.3 is 18.0 Å². The molecule has 0 heterocycles. The van der Waals surface area contributed by atoms with Gasteiger partial charge in [-0.05, 0) is 185 Å². The van der Waals surface area contributed by atoms with Gasteiger partial charge in [0.2, 0.25) is 0 Å². The number of hydrogen-bond acceptors (Lipinski definition) is 23. The summed E-state index contributed by atoms with van der Waals surface area (Å²) in [4.78, 5) is 37.9. The van der Waals surface area contributed by atoms with Crippen LogP contribution in [-0.2, 0) is 30.4 Å². The van der Waals surface area contributed by atoms with E-state index in [0.29, 0.717) is 80.3 Å². The standard InChI is InChI=1S/C57H64N10O19S4/c1-33-25-47(62-66-51-27-37(5)49(31-53(51)85-17-9-21-89(77,78)79)64-60-43-13-11-39(29-41(43)55(68)69)83-15-7-19-87-73)35(3)23-45(33)58-57(72)59-46-24-36(4)48(26-34(46)2)63-67-52-28-38(6)50(32-54(52)86-18-10-22-90(80,81)82)65-61-44-14-12-40(30-42(44)56(70)71)84-16-8-20-88(74,75)76/h11-14,23-32,73H,7-10,15-22H2,1-6H3,(H,68,69)(H,70,71)(H2,58,59,72)(H,74,75,76)(H,77,78,79)(H,80,81,82). The van der Waals surface area contributed by atoms with Gasteiger partial charge in [0.05, 0.1) is 77.6 Å². The Morgan fingerprint density at radius 1 is 0.411 bits per heavy atom. The van der Waals surface area contributed by atoms with E-state index in [4.69, 9.17) is 28.1 Å². The molecule has 0 aliphatic heterocycles. The first-order chi connectivity index (χ1) is 42.4. The van der Waals surface area contributed by atoms with Crippen molar-refractivity contribution in [3.8, 4) is 23.0 Å². The smallest absolute Gasteiger partial charge is 0.338 e. The first-order valence-electron chi connectivity index (χ1n) is 27.1.